The molecule has 1 aliphatic rings. The Bertz CT molecular complexity index is 552. The second kappa shape index (κ2) is 6.67. The summed E-state index contributed by atoms with van der Waals surface area (Å²) in [6.45, 7) is 3.88. The molecule has 5 nitrogen and oxygen atoms in total. The summed E-state index contributed by atoms with van der Waals surface area (Å²) in [6, 6.07) is 5.44. The van der Waals surface area contributed by atoms with Crippen molar-refractivity contribution in [1.29, 1.82) is 0 Å². The van der Waals surface area contributed by atoms with Crippen LogP contribution in [0.3, 0.4) is 0 Å². The van der Waals surface area contributed by atoms with Crippen LogP contribution in [-0.4, -0.2) is 44.1 Å². The fourth-order valence-corrected chi connectivity index (χ4v) is 4.41. The van der Waals surface area contributed by atoms with E-state index in [-0.39, 0.29) is 13.2 Å². The minimum absolute atomic E-state index is 0.151. The van der Waals surface area contributed by atoms with Crippen molar-refractivity contribution in [1.82, 2.24) is 9.62 Å². The average Bonchev–Trinajstić information content (AvgIpc) is 2.46. The Balaban J connectivity index is 2.42. The summed E-state index contributed by atoms with van der Waals surface area (Å²) in [5.41, 5.74) is 1.98. The average molecular weight is 298 g/mol. The highest BCUT2D eigenvalue weighted by atomic mass is 32.2. The number of fused-ring (bicyclic) bond motifs is 1. The molecule has 0 saturated carbocycles. The highest BCUT2D eigenvalue weighted by molar-refractivity contribution is 7.89. The van der Waals surface area contributed by atoms with E-state index in [1.807, 2.05) is 13.0 Å². The number of nitrogens with zero attached hydrogens (tertiary/aromatic N) is 1. The molecule has 0 radical (unpaired) electrons. The van der Waals surface area contributed by atoms with E-state index in [1.165, 1.54) is 4.31 Å². The van der Waals surface area contributed by atoms with Crippen LogP contribution in [0.2, 0.25) is 0 Å². The molecule has 20 heavy (non-hydrogen) atoms. The van der Waals surface area contributed by atoms with Gasteiger partial charge in [0.25, 0.3) is 0 Å². The van der Waals surface area contributed by atoms with E-state index in [0.29, 0.717) is 18.0 Å². The third kappa shape index (κ3) is 3.03. The molecule has 0 atom stereocenters. The maximum absolute atomic E-state index is 12.8. The molecule has 6 heteroatoms. The number of hydrogen-bond donors (Lipinski definition) is 2. The summed E-state index contributed by atoms with van der Waals surface area (Å²) >= 11 is 0. The zero-order valence-electron chi connectivity index (χ0n) is 11.8. The lowest BCUT2D eigenvalue weighted by atomic mass is 10.0. The summed E-state index contributed by atoms with van der Waals surface area (Å²) in [5, 5.41) is 12.3. The molecule has 0 aliphatic carbocycles. The van der Waals surface area contributed by atoms with E-state index in [4.69, 9.17) is 5.11 Å². The zero-order valence-corrected chi connectivity index (χ0v) is 12.6. The van der Waals surface area contributed by atoms with Gasteiger partial charge in [0.2, 0.25) is 10.0 Å². The van der Waals surface area contributed by atoms with Gasteiger partial charge in [0.1, 0.15) is 0 Å². The molecule has 2 rings (SSSR count). The number of rotatable bonds is 6. The summed E-state index contributed by atoms with van der Waals surface area (Å²) in [6.07, 6.45) is 1.46. The Morgan fingerprint density at radius 2 is 2.15 bits per heavy atom. The normalized spacial score (nSPS) is 15.3. The van der Waals surface area contributed by atoms with E-state index in [0.717, 1.165) is 30.5 Å². The predicted octanol–water partition coefficient (Wildman–Crippen LogP) is 0.725. The molecule has 0 bridgehead atoms. The van der Waals surface area contributed by atoms with Crippen LogP contribution in [0.4, 0.5) is 0 Å². The standard InChI is InChI=1S/C14H22N2O3S/c1-2-8-16(9-10-17)20(18,19)14-5-3-4-12-11-15-7-6-13(12)14/h3-5,15,17H,2,6-11H2,1H3. The molecule has 0 amide bonds. The molecule has 1 heterocycles. The first kappa shape index (κ1) is 15.4. The van der Waals surface area contributed by atoms with Gasteiger partial charge in [-0.1, -0.05) is 19.1 Å². The smallest absolute Gasteiger partial charge is 0.243 e. The number of benzene rings is 1. The molecule has 0 unspecified atom stereocenters. The fraction of sp³-hybridized carbons (Fsp3) is 0.571. The van der Waals surface area contributed by atoms with Crippen molar-refractivity contribution in [2.45, 2.75) is 31.2 Å². The van der Waals surface area contributed by atoms with Crippen molar-refractivity contribution in [3.05, 3.63) is 29.3 Å². The minimum Gasteiger partial charge on any atom is -0.395 e. The maximum Gasteiger partial charge on any atom is 0.243 e. The van der Waals surface area contributed by atoms with Gasteiger partial charge in [0.15, 0.2) is 0 Å². The van der Waals surface area contributed by atoms with Crippen LogP contribution in [-0.2, 0) is 23.0 Å². The van der Waals surface area contributed by atoms with Crippen LogP contribution in [0.1, 0.15) is 24.5 Å². The molecule has 0 fully saturated rings. The summed E-state index contributed by atoms with van der Waals surface area (Å²) in [7, 11) is -3.52. The number of aliphatic hydroxyl groups is 1. The summed E-state index contributed by atoms with van der Waals surface area (Å²) in [4.78, 5) is 0.401. The molecule has 2 N–H and O–H groups in total. The predicted molar refractivity (Wildman–Crippen MR) is 78.0 cm³/mol. The van der Waals surface area contributed by atoms with Gasteiger partial charge < -0.3 is 10.4 Å². The van der Waals surface area contributed by atoms with Crippen molar-refractivity contribution < 1.29 is 13.5 Å². The van der Waals surface area contributed by atoms with E-state index in [2.05, 4.69) is 5.32 Å². The highest BCUT2D eigenvalue weighted by Crippen LogP contribution is 2.25. The van der Waals surface area contributed by atoms with Crippen LogP contribution >= 0.6 is 0 Å². The van der Waals surface area contributed by atoms with Crippen LogP contribution in [0.15, 0.2) is 23.1 Å². The Labute approximate surface area is 120 Å². The largest absolute Gasteiger partial charge is 0.395 e. The quantitative estimate of drug-likeness (QED) is 0.812. The third-order valence-electron chi connectivity index (χ3n) is 3.54. The molecular formula is C14H22N2O3S. The van der Waals surface area contributed by atoms with Gasteiger partial charge in [0.05, 0.1) is 11.5 Å². The molecule has 112 valence electrons. The first-order valence-corrected chi connectivity index (χ1v) is 8.47. The Hall–Kier alpha value is -0.950. The molecule has 0 spiro atoms. The Morgan fingerprint density at radius 3 is 2.85 bits per heavy atom. The Kier molecular flexibility index (Phi) is 5.15. The van der Waals surface area contributed by atoms with Crippen molar-refractivity contribution in [3.63, 3.8) is 0 Å². The van der Waals surface area contributed by atoms with E-state index >= 15 is 0 Å². The first-order chi connectivity index (χ1) is 9.61. The lowest BCUT2D eigenvalue weighted by Crippen LogP contribution is -2.36. The van der Waals surface area contributed by atoms with Crippen LogP contribution in [0.5, 0.6) is 0 Å². The van der Waals surface area contributed by atoms with Crippen molar-refractivity contribution in [2.24, 2.45) is 0 Å². The number of hydrogen-bond acceptors (Lipinski definition) is 4. The minimum atomic E-state index is -3.52. The van der Waals surface area contributed by atoms with Crippen molar-refractivity contribution >= 4 is 10.0 Å². The number of aliphatic hydroxyl groups excluding tert-OH is 1. The number of nitrogens with one attached hydrogen (secondary N) is 1. The van der Waals surface area contributed by atoms with Crippen LogP contribution in [0, 0.1) is 0 Å². The molecule has 1 aromatic rings. The second-order valence-corrected chi connectivity index (χ2v) is 6.85. The van der Waals surface area contributed by atoms with Gasteiger partial charge >= 0.3 is 0 Å². The second-order valence-electron chi connectivity index (χ2n) is 4.95. The van der Waals surface area contributed by atoms with Crippen LogP contribution < -0.4 is 5.32 Å². The van der Waals surface area contributed by atoms with Gasteiger partial charge in [-0.2, -0.15) is 4.31 Å². The van der Waals surface area contributed by atoms with Gasteiger partial charge in [0, 0.05) is 19.6 Å². The van der Waals surface area contributed by atoms with Gasteiger partial charge in [-0.05, 0) is 36.6 Å². The number of sulfonamides is 1. The summed E-state index contributed by atoms with van der Waals surface area (Å²) in [5.74, 6) is 0. The fourth-order valence-electron chi connectivity index (χ4n) is 2.59. The summed E-state index contributed by atoms with van der Waals surface area (Å²) < 4.78 is 26.9. The molecule has 0 aromatic heterocycles. The maximum atomic E-state index is 12.8. The molecule has 0 saturated heterocycles. The lowest BCUT2D eigenvalue weighted by molar-refractivity contribution is 0.253. The molecule has 1 aliphatic heterocycles. The van der Waals surface area contributed by atoms with E-state index < -0.39 is 10.0 Å². The van der Waals surface area contributed by atoms with Crippen molar-refractivity contribution in [3.8, 4) is 0 Å². The monoisotopic (exact) mass is 298 g/mol. The van der Waals surface area contributed by atoms with Crippen molar-refractivity contribution in [2.75, 3.05) is 26.2 Å². The lowest BCUT2D eigenvalue weighted by Gasteiger charge is -2.25. The van der Waals surface area contributed by atoms with Crippen LogP contribution in [0.25, 0.3) is 0 Å². The first-order valence-electron chi connectivity index (χ1n) is 7.03. The third-order valence-corrected chi connectivity index (χ3v) is 5.52. The molecule has 1 aromatic carbocycles. The van der Waals surface area contributed by atoms with E-state index in [1.54, 1.807) is 12.1 Å². The Morgan fingerprint density at radius 1 is 1.35 bits per heavy atom. The van der Waals surface area contributed by atoms with E-state index in [9.17, 15) is 8.42 Å². The highest BCUT2D eigenvalue weighted by Gasteiger charge is 2.27. The van der Waals surface area contributed by atoms with Gasteiger partial charge in [-0.3, -0.25) is 0 Å². The van der Waals surface area contributed by atoms with Gasteiger partial charge in [-0.25, -0.2) is 8.42 Å². The molecular weight excluding hydrogens is 276 g/mol. The SMILES string of the molecule is CCCN(CCO)S(=O)(=O)c1cccc2c1CCNC2. The van der Waals surface area contributed by atoms with Gasteiger partial charge in [-0.15, -0.1) is 0 Å². The zero-order chi connectivity index (χ0) is 14.6. The topological polar surface area (TPSA) is 69.6 Å².